The van der Waals surface area contributed by atoms with Crippen molar-refractivity contribution in [3.8, 4) is 0 Å². The van der Waals surface area contributed by atoms with E-state index < -0.39 is 5.97 Å². The van der Waals surface area contributed by atoms with Crippen LogP contribution in [0.25, 0.3) is 0 Å². The second kappa shape index (κ2) is 6.69. The van der Waals surface area contributed by atoms with Crippen molar-refractivity contribution in [2.45, 2.75) is 31.4 Å². The number of hydrogen-bond acceptors (Lipinski definition) is 3. The summed E-state index contributed by atoms with van der Waals surface area (Å²) in [5.74, 6) is 2.18. The zero-order chi connectivity index (χ0) is 11.3. The second-order valence-corrected chi connectivity index (χ2v) is 6.56. The van der Waals surface area contributed by atoms with Crippen molar-refractivity contribution >= 4 is 29.5 Å². The van der Waals surface area contributed by atoms with Crippen LogP contribution in [-0.4, -0.2) is 34.1 Å². The molecule has 1 fully saturated rings. The van der Waals surface area contributed by atoms with Crippen LogP contribution in [0.2, 0.25) is 0 Å². The van der Waals surface area contributed by atoms with Crippen molar-refractivity contribution < 1.29 is 9.90 Å². The van der Waals surface area contributed by atoms with E-state index in [4.69, 9.17) is 5.11 Å². The Morgan fingerprint density at radius 1 is 1.67 bits per heavy atom. The van der Waals surface area contributed by atoms with Crippen LogP contribution in [0, 0.1) is 11.8 Å². The maximum absolute atomic E-state index is 10.9. The Kier molecular flexibility index (Phi) is 5.90. The molecule has 3 unspecified atom stereocenters. The molecule has 0 amide bonds. The molecule has 2 nitrogen and oxygen atoms in total. The molecule has 88 valence electrons. The van der Waals surface area contributed by atoms with Crippen LogP contribution in [0.1, 0.15) is 26.2 Å². The maximum atomic E-state index is 10.9. The molecule has 1 aliphatic rings. The highest BCUT2D eigenvalue weighted by Crippen LogP contribution is 2.35. The molecule has 0 aliphatic carbocycles. The van der Waals surface area contributed by atoms with Gasteiger partial charge in [0.15, 0.2) is 0 Å². The summed E-state index contributed by atoms with van der Waals surface area (Å²) in [6.07, 6.45) is 5.06. The fourth-order valence-corrected chi connectivity index (χ4v) is 4.10. The molecule has 0 aromatic rings. The van der Waals surface area contributed by atoms with Gasteiger partial charge in [-0.1, -0.05) is 6.92 Å². The van der Waals surface area contributed by atoms with Gasteiger partial charge < -0.3 is 5.11 Å². The number of thioether (sulfide) groups is 2. The average molecular weight is 248 g/mol. The third-order valence-corrected chi connectivity index (χ3v) is 5.28. The van der Waals surface area contributed by atoms with Crippen molar-refractivity contribution in [3.05, 3.63) is 0 Å². The minimum atomic E-state index is -0.600. The quantitative estimate of drug-likeness (QED) is 0.811. The Balaban J connectivity index is 2.37. The van der Waals surface area contributed by atoms with Crippen LogP contribution in [0.3, 0.4) is 0 Å². The normalized spacial score (nSPS) is 28.7. The highest BCUT2D eigenvalue weighted by atomic mass is 32.2. The van der Waals surface area contributed by atoms with E-state index in [9.17, 15) is 4.79 Å². The molecule has 1 heterocycles. The third kappa shape index (κ3) is 4.27. The summed E-state index contributed by atoms with van der Waals surface area (Å²) in [7, 11) is 0. The largest absolute Gasteiger partial charge is 0.481 e. The molecule has 1 N–H and O–H groups in total. The summed E-state index contributed by atoms with van der Waals surface area (Å²) in [4.78, 5) is 10.9. The van der Waals surface area contributed by atoms with E-state index in [1.54, 1.807) is 0 Å². The molecule has 1 aliphatic heterocycles. The van der Waals surface area contributed by atoms with Crippen LogP contribution in [0.5, 0.6) is 0 Å². The van der Waals surface area contributed by atoms with Crippen LogP contribution >= 0.6 is 23.5 Å². The third-order valence-electron chi connectivity index (χ3n) is 3.08. The van der Waals surface area contributed by atoms with Crippen LogP contribution < -0.4 is 0 Å². The first-order chi connectivity index (χ1) is 7.15. The molecular weight excluding hydrogens is 228 g/mol. The summed E-state index contributed by atoms with van der Waals surface area (Å²) in [6, 6.07) is 0. The van der Waals surface area contributed by atoms with Crippen molar-refractivity contribution in [2.75, 3.05) is 17.8 Å². The number of rotatable bonds is 5. The number of carbonyl (C=O) groups is 1. The molecule has 1 rings (SSSR count). The topological polar surface area (TPSA) is 37.3 Å². The van der Waals surface area contributed by atoms with E-state index in [1.807, 2.05) is 23.5 Å². The fraction of sp³-hybridized carbons (Fsp3) is 0.909. The monoisotopic (exact) mass is 248 g/mol. The number of hydrogen-bond donors (Lipinski definition) is 1. The summed E-state index contributed by atoms with van der Waals surface area (Å²) in [5, 5.41) is 9.56. The SMILES string of the molecule is CSCCC(C)C1CC(C(=O)O)CCS1. The fourth-order valence-electron chi connectivity index (χ4n) is 1.94. The lowest BCUT2D eigenvalue weighted by Gasteiger charge is -2.30. The van der Waals surface area contributed by atoms with Crippen molar-refractivity contribution in [3.63, 3.8) is 0 Å². The van der Waals surface area contributed by atoms with E-state index in [0.717, 1.165) is 18.6 Å². The molecule has 0 saturated carbocycles. The molecule has 3 atom stereocenters. The van der Waals surface area contributed by atoms with Gasteiger partial charge >= 0.3 is 5.97 Å². The van der Waals surface area contributed by atoms with Crippen LogP contribution in [-0.2, 0) is 4.79 Å². The standard InChI is InChI=1S/C11H20O2S2/c1-8(3-5-14-2)10-7-9(11(12)13)4-6-15-10/h8-10H,3-7H2,1-2H3,(H,12,13). The van der Waals surface area contributed by atoms with Gasteiger partial charge in [0.2, 0.25) is 0 Å². The van der Waals surface area contributed by atoms with Crippen molar-refractivity contribution in [1.29, 1.82) is 0 Å². The van der Waals surface area contributed by atoms with Crippen LogP contribution in [0.15, 0.2) is 0 Å². The molecule has 0 aromatic heterocycles. The first-order valence-electron chi connectivity index (χ1n) is 5.48. The molecular formula is C11H20O2S2. The lowest BCUT2D eigenvalue weighted by Crippen LogP contribution is -2.28. The Morgan fingerprint density at radius 2 is 2.40 bits per heavy atom. The summed E-state index contributed by atoms with van der Waals surface area (Å²) in [6.45, 7) is 2.26. The lowest BCUT2D eigenvalue weighted by atomic mass is 9.92. The first kappa shape index (κ1) is 13.2. The van der Waals surface area contributed by atoms with E-state index in [2.05, 4.69) is 13.2 Å². The van der Waals surface area contributed by atoms with Gasteiger partial charge in [0.25, 0.3) is 0 Å². The molecule has 0 spiro atoms. The molecule has 0 radical (unpaired) electrons. The Labute approximate surface area is 101 Å². The zero-order valence-electron chi connectivity index (χ0n) is 9.44. The highest BCUT2D eigenvalue weighted by molar-refractivity contribution is 8.00. The summed E-state index contributed by atoms with van der Waals surface area (Å²) >= 11 is 3.85. The van der Waals surface area contributed by atoms with Crippen molar-refractivity contribution in [2.24, 2.45) is 11.8 Å². The predicted molar refractivity (Wildman–Crippen MR) is 68.8 cm³/mol. The van der Waals surface area contributed by atoms with Gasteiger partial charge in [-0.05, 0) is 42.9 Å². The van der Waals surface area contributed by atoms with Crippen molar-refractivity contribution in [1.82, 2.24) is 0 Å². The van der Waals surface area contributed by atoms with Gasteiger partial charge in [0, 0.05) is 5.25 Å². The molecule has 0 aromatic carbocycles. The minimum Gasteiger partial charge on any atom is -0.481 e. The van der Waals surface area contributed by atoms with E-state index in [1.165, 1.54) is 12.2 Å². The Bertz CT molecular complexity index is 209. The van der Waals surface area contributed by atoms with E-state index in [-0.39, 0.29) is 5.92 Å². The molecule has 1 saturated heterocycles. The van der Waals surface area contributed by atoms with Gasteiger partial charge in [-0.3, -0.25) is 4.79 Å². The first-order valence-corrected chi connectivity index (χ1v) is 7.92. The van der Waals surface area contributed by atoms with Gasteiger partial charge in [-0.25, -0.2) is 0 Å². The molecule has 4 heteroatoms. The van der Waals surface area contributed by atoms with Gasteiger partial charge in [0.1, 0.15) is 0 Å². The average Bonchev–Trinajstić information content (AvgIpc) is 2.26. The van der Waals surface area contributed by atoms with E-state index >= 15 is 0 Å². The highest BCUT2D eigenvalue weighted by Gasteiger charge is 2.30. The Morgan fingerprint density at radius 3 is 3.00 bits per heavy atom. The smallest absolute Gasteiger partial charge is 0.306 e. The van der Waals surface area contributed by atoms with Gasteiger partial charge in [-0.2, -0.15) is 23.5 Å². The maximum Gasteiger partial charge on any atom is 0.306 e. The zero-order valence-corrected chi connectivity index (χ0v) is 11.1. The number of carboxylic acid groups (broad SMARTS) is 1. The Hall–Kier alpha value is 0.170. The minimum absolute atomic E-state index is 0.0898. The second-order valence-electron chi connectivity index (χ2n) is 4.23. The van der Waals surface area contributed by atoms with E-state index in [0.29, 0.717) is 11.2 Å². The lowest BCUT2D eigenvalue weighted by molar-refractivity contribution is -0.142. The summed E-state index contributed by atoms with van der Waals surface area (Å²) < 4.78 is 0. The van der Waals surface area contributed by atoms with Crippen LogP contribution in [0.4, 0.5) is 0 Å². The summed E-state index contributed by atoms with van der Waals surface area (Å²) in [5.41, 5.74) is 0. The van der Waals surface area contributed by atoms with Gasteiger partial charge in [-0.15, -0.1) is 0 Å². The number of carboxylic acids is 1. The number of aliphatic carboxylic acids is 1. The molecule has 0 bridgehead atoms. The van der Waals surface area contributed by atoms with Gasteiger partial charge in [0.05, 0.1) is 5.92 Å². The predicted octanol–water partition coefficient (Wildman–Crippen LogP) is 2.97. The molecule has 15 heavy (non-hydrogen) atoms.